The van der Waals surface area contributed by atoms with Gasteiger partial charge in [-0.3, -0.25) is 9.69 Å². The topological polar surface area (TPSA) is 20.3 Å². The van der Waals surface area contributed by atoms with Crippen molar-refractivity contribution < 1.29 is 13.6 Å². The number of rotatable bonds is 6. The van der Waals surface area contributed by atoms with Gasteiger partial charge in [0.25, 0.3) is 0 Å². The maximum Gasteiger partial charge on any atom is 0.151 e. The first-order valence-corrected chi connectivity index (χ1v) is 6.73. The molecule has 21 heavy (non-hydrogen) atoms. The zero-order valence-corrected chi connectivity index (χ0v) is 11.9. The minimum Gasteiger partial charge on any atom is -0.298 e. The van der Waals surface area contributed by atoms with E-state index >= 15 is 0 Å². The Morgan fingerprint density at radius 3 is 2.05 bits per heavy atom. The zero-order chi connectivity index (χ0) is 15.2. The first-order chi connectivity index (χ1) is 10.1. The van der Waals surface area contributed by atoms with Crippen LogP contribution < -0.4 is 0 Å². The largest absolute Gasteiger partial charge is 0.298 e. The van der Waals surface area contributed by atoms with E-state index in [4.69, 9.17) is 0 Å². The Hall–Kier alpha value is -2.07. The highest BCUT2D eigenvalue weighted by Crippen LogP contribution is 2.10. The molecule has 0 spiro atoms. The fourth-order valence-corrected chi connectivity index (χ4v) is 2.18. The number of carbonyl (C=O) groups is 1. The average molecular weight is 289 g/mol. The number of ketones is 1. The van der Waals surface area contributed by atoms with Gasteiger partial charge in [-0.05, 0) is 24.7 Å². The maximum absolute atomic E-state index is 13.5. The molecule has 0 fully saturated rings. The molecule has 0 atom stereocenters. The van der Waals surface area contributed by atoms with Gasteiger partial charge in [0.1, 0.15) is 11.6 Å². The van der Waals surface area contributed by atoms with Crippen molar-refractivity contribution in [3.8, 4) is 0 Å². The summed E-state index contributed by atoms with van der Waals surface area (Å²) in [4.78, 5) is 13.7. The standard InChI is InChI=1S/C17H17F2NO/c1-20(11-14-7-3-5-9-17(14)19)12-15(21)10-13-6-2-4-8-16(13)18/h2-9H,10-12H2,1H3. The highest BCUT2D eigenvalue weighted by atomic mass is 19.1. The molecule has 0 aliphatic carbocycles. The van der Waals surface area contributed by atoms with Gasteiger partial charge in [0.2, 0.25) is 0 Å². The summed E-state index contributed by atoms with van der Waals surface area (Å²) in [5.41, 5.74) is 0.931. The molecule has 0 aromatic heterocycles. The molecule has 0 saturated heterocycles. The van der Waals surface area contributed by atoms with Crippen LogP contribution in [0.25, 0.3) is 0 Å². The number of likely N-dealkylation sites (N-methyl/N-ethyl adjacent to an activating group) is 1. The lowest BCUT2D eigenvalue weighted by Crippen LogP contribution is -2.27. The van der Waals surface area contributed by atoms with Crippen molar-refractivity contribution in [3.05, 3.63) is 71.3 Å². The Morgan fingerprint density at radius 1 is 0.952 bits per heavy atom. The van der Waals surface area contributed by atoms with Crippen LogP contribution in [0.5, 0.6) is 0 Å². The average Bonchev–Trinajstić information content (AvgIpc) is 2.44. The number of hydrogen-bond acceptors (Lipinski definition) is 2. The second-order valence-electron chi connectivity index (χ2n) is 5.07. The van der Waals surface area contributed by atoms with Gasteiger partial charge in [0.15, 0.2) is 5.78 Å². The fourth-order valence-electron chi connectivity index (χ4n) is 2.18. The number of benzene rings is 2. The number of hydrogen-bond donors (Lipinski definition) is 0. The lowest BCUT2D eigenvalue weighted by atomic mass is 10.1. The van der Waals surface area contributed by atoms with Gasteiger partial charge in [-0.1, -0.05) is 36.4 Å². The summed E-state index contributed by atoms with van der Waals surface area (Å²) >= 11 is 0. The van der Waals surface area contributed by atoms with Gasteiger partial charge in [-0.2, -0.15) is 0 Å². The Morgan fingerprint density at radius 2 is 1.48 bits per heavy atom. The molecule has 0 amide bonds. The Labute approximate surface area is 123 Å². The molecule has 0 unspecified atom stereocenters. The van der Waals surface area contributed by atoms with Gasteiger partial charge in [0.05, 0.1) is 6.54 Å². The Balaban J connectivity index is 1.91. The van der Waals surface area contributed by atoms with E-state index in [1.165, 1.54) is 12.1 Å². The summed E-state index contributed by atoms with van der Waals surface area (Å²) in [6.45, 7) is 0.498. The predicted octanol–water partition coefficient (Wildman–Crippen LogP) is 3.21. The summed E-state index contributed by atoms with van der Waals surface area (Å²) in [7, 11) is 1.74. The third-order valence-electron chi connectivity index (χ3n) is 3.19. The van der Waals surface area contributed by atoms with Crippen molar-refractivity contribution in [2.45, 2.75) is 13.0 Å². The van der Waals surface area contributed by atoms with Crippen LogP contribution in [0.1, 0.15) is 11.1 Å². The summed E-state index contributed by atoms with van der Waals surface area (Å²) < 4.78 is 27.0. The molecule has 4 heteroatoms. The molecule has 110 valence electrons. The van der Waals surface area contributed by atoms with Crippen molar-refractivity contribution in [2.75, 3.05) is 13.6 Å². The maximum atomic E-state index is 13.5. The van der Waals surface area contributed by atoms with Crippen LogP contribution in [0.4, 0.5) is 8.78 Å². The van der Waals surface area contributed by atoms with Gasteiger partial charge in [0, 0.05) is 18.5 Å². The quantitative estimate of drug-likeness (QED) is 0.814. The predicted molar refractivity (Wildman–Crippen MR) is 77.8 cm³/mol. The van der Waals surface area contributed by atoms with Gasteiger partial charge in [-0.25, -0.2) is 8.78 Å². The summed E-state index contributed by atoms with van der Waals surface area (Å²) in [5, 5.41) is 0. The normalized spacial score (nSPS) is 10.9. The number of nitrogens with zero attached hydrogens (tertiary/aromatic N) is 1. The van der Waals surface area contributed by atoms with Crippen molar-refractivity contribution in [1.82, 2.24) is 4.90 Å². The monoisotopic (exact) mass is 289 g/mol. The van der Waals surface area contributed by atoms with Gasteiger partial charge in [-0.15, -0.1) is 0 Å². The van der Waals surface area contributed by atoms with E-state index in [1.54, 1.807) is 48.3 Å². The zero-order valence-electron chi connectivity index (χ0n) is 11.9. The minimum atomic E-state index is -0.373. The van der Waals surface area contributed by atoms with Gasteiger partial charge < -0.3 is 0 Å². The Bertz CT molecular complexity index is 628. The van der Waals surface area contributed by atoms with Crippen LogP contribution in [0.3, 0.4) is 0 Å². The SMILES string of the molecule is CN(CC(=O)Cc1ccccc1F)Cc1ccccc1F. The minimum absolute atomic E-state index is 0.0499. The summed E-state index contributed by atoms with van der Waals surface area (Å²) in [6, 6.07) is 12.7. The van der Waals surface area contributed by atoms with E-state index in [9.17, 15) is 13.6 Å². The summed E-state index contributed by atoms with van der Waals surface area (Å²) in [5.74, 6) is -0.757. The van der Waals surface area contributed by atoms with Gasteiger partial charge >= 0.3 is 0 Å². The van der Waals surface area contributed by atoms with Crippen molar-refractivity contribution >= 4 is 5.78 Å². The smallest absolute Gasteiger partial charge is 0.151 e. The van der Waals surface area contributed by atoms with Crippen molar-refractivity contribution in [3.63, 3.8) is 0 Å². The third-order valence-corrected chi connectivity index (χ3v) is 3.19. The fraction of sp³-hybridized carbons (Fsp3) is 0.235. The van der Waals surface area contributed by atoms with E-state index in [0.29, 0.717) is 17.7 Å². The molecular formula is C17H17F2NO. The molecule has 0 aliphatic heterocycles. The molecule has 2 aromatic carbocycles. The first kappa shape index (κ1) is 15.3. The number of Topliss-reactive ketones (excluding diaryl/α,β-unsaturated/α-hetero) is 1. The molecule has 2 rings (SSSR count). The van der Waals surface area contributed by atoms with E-state index < -0.39 is 0 Å². The van der Waals surface area contributed by atoms with Crippen LogP contribution in [0.15, 0.2) is 48.5 Å². The van der Waals surface area contributed by atoms with Crippen LogP contribution >= 0.6 is 0 Å². The second-order valence-corrected chi connectivity index (χ2v) is 5.07. The number of halogens is 2. The van der Waals surface area contributed by atoms with Crippen molar-refractivity contribution in [1.29, 1.82) is 0 Å². The van der Waals surface area contributed by atoms with Crippen LogP contribution in [-0.2, 0) is 17.8 Å². The molecular weight excluding hydrogens is 272 g/mol. The Kier molecular flexibility index (Phi) is 5.17. The van der Waals surface area contributed by atoms with Crippen LogP contribution in [0, 0.1) is 11.6 Å². The highest BCUT2D eigenvalue weighted by molar-refractivity contribution is 5.82. The molecule has 0 aliphatic rings. The molecule has 0 bridgehead atoms. The summed E-state index contributed by atoms with van der Waals surface area (Å²) in [6.07, 6.45) is 0.0499. The van der Waals surface area contributed by atoms with Crippen LogP contribution in [0.2, 0.25) is 0 Å². The first-order valence-electron chi connectivity index (χ1n) is 6.73. The van der Waals surface area contributed by atoms with E-state index in [1.807, 2.05) is 0 Å². The lowest BCUT2D eigenvalue weighted by Gasteiger charge is -2.16. The molecule has 0 N–H and O–H groups in total. The molecule has 2 aromatic rings. The van der Waals surface area contributed by atoms with Crippen LogP contribution in [-0.4, -0.2) is 24.3 Å². The van der Waals surface area contributed by atoms with Crippen molar-refractivity contribution in [2.24, 2.45) is 0 Å². The molecule has 0 heterocycles. The molecule has 2 nitrogen and oxygen atoms in total. The lowest BCUT2D eigenvalue weighted by molar-refractivity contribution is -0.119. The molecule has 0 saturated carbocycles. The second kappa shape index (κ2) is 7.09. The molecule has 0 radical (unpaired) electrons. The van der Waals surface area contributed by atoms with E-state index in [0.717, 1.165) is 0 Å². The van der Waals surface area contributed by atoms with E-state index in [2.05, 4.69) is 0 Å². The van der Waals surface area contributed by atoms with E-state index in [-0.39, 0.29) is 30.4 Å². The highest BCUT2D eigenvalue weighted by Gasteiger charge is 2.12. The third kappa shape index (κ3) is 4.46. The number of carbonyl (C=O) groups excluding carboxylic acids is 1.